The van der Waals surface area contributed by atoms with Crippen LogP contribution in [0.2, 0.25) is 0 Å². The molecule has 2 rings (SSSR count). The van der Waals surface area contributed by atoms with Crippen LogP contribution in [0.5, 0.6) is 0 Å². The van der Waals surface area contributed by atoms with Crippen molar-refractivity contribution in [2.45, 2.75) is 58.7 Å². The van der Waals surface area contributed by atoms with Crippen molar-refractivity contribution >= 4 is 17.9 Å². The molecule has 0 N–H and O–H groups in total. The zero-order valence-electron chi connectivity index (χ0n) is 13.7. The number of ether oxygens (including phenoxy) is 4. The van der Waals surface area contributed by atoms with Gasteiger partial charge in [-0.25, -0.2) is 0 Å². The Balaban J connectivity index is 2.34. The van der Waals surface area contributed by atoms with E-state index in [1.165, 1.54) is 20.8 Å². The molecule has 0 aliphatic carbocycles. The lowest BCUT2D eigenvalue weighted by molar-refractivity contribution is -0.196. The molecule has 1 saturated heterocycles. The van der Waals surface area contributed by atoms with E-state index < -0.39 is 42.5 Å². The van der Waals surface area contributed by atoms with E-state index in [-0.39, 0.29) is 5.89 Å². The number of aryl methyl sites for hydroxylation is 1. The predicted molar refractivity (Wildman–Crippen MR) is 74.2 cm³/mol. The number of hydrogen-bond donors (Lipinski definition) is 0. The van der Waals surface area contributed by atoms with E-state index in [4.69, 9.17) is 23.5 Å². The van der Waals surface area contributed by atoms with Crippen LogP contribution in [-0.2, 0) is 39.8 Å². The number of carbonyl (C=O) groups is 3. The number of hydrogen-bond acceptors (Lipinski definition) is 10. The second-order valence-corrected chi connectivity index (χ2v) is 5.08. The topological polar surface area (TPSA) is 127 Å². The predicted octanol–water partition coefficient (Wildman–Crippen LogP) is 0.456. The highest BCUT2D eigenvalue weighted by molar-refractivity contribution is 5.68. The molecule has 1 aromatic heterocycles. The lowest BCUT2D eigenvalue weighted by Gasteiger charge is -2.21. The summed E-state index contributed by atoms with van der Waals surface area (Å²) in [4.78, 5) is 38.1. The third-order valence-corrected chi connectivity index (χ3v) is 3.10. The first-order valence-corrected chi connectivity index (χ1v) is 7.31. The molecule has 2 heterocycles. The van der Waals surface area contributed by atoms with Gasteiger partial charge >= 0.3 is 17.9 Å². The first kappa shape index (κ1) is 17.9. The van der Waals surface area contributed by atoms with Crippen LogP contribution in [0.3, 0.4) is 0 Å². The standard InChI is InChI=1S/C14H18N2O8/c1-5-9-15-13(24-16-9)11-10(20-6(2)17)12(21-7(3)18)14(23-11)22-8(4)19/h10-12,14H,5H2,1-4H3. The van der Waals surface area contributed by atoms with Crippen molar-refractivity contribution in [3.8, 4) is 0 Å². The molecule has 0 radical (unpaired) electrons. The smallest absolute Gasteiger partial charge is 0.305 e. The molecule has 4 atom stereocenters. The molecule has 1 fully saturated rings. The maximum absolute atomic E-state index is 11.4. The lowest BCUT2D eigenvalue weighted by atomic mass is 10.1. The number of aromatic nitrogens is 2. The average Bonchev–Trinajstić information content (AvgIpc) is 3.05. The molecule has 0 saturated carbocycles. The van der Waals surface area contributed by atoms with E-state index in [0.29, 0.717) is 12.2 Å². The molecule has 1 aromatic rings. The Morgan fingerprint density at radius 2 is 1.58 bits per heavy atom. The molecule has 0 aromatic carbocycles. The van der Waals surface area contributed by atoms with Gasteiger partial charge in [-0.1, -0.05) is 12.1 Å². The van der Waals surface area contributed by atoms with Gasteiger partial charge in [-0.2, -0.15) is 4.98 Å². The van der Waals surface area contributed by atoms with Gasteiger partial charge in [0.05, 0.1) is 0 Å². The molecule has 0 spiro atoms. The van der Waals surface area contributed by atoms with Crippen LogP contribution >= 0.6 is 0 Å². The third kappa shape index (κ3) is 4.07. The lowest BCUT2D eigenvalue weighted by Crippen LogP contribution is -2.39. The molecule has 0 bridgehead atoms. The number of rotatable bonds is 5. The molecule has 0 amide bonds. The normalized spacial score (nSPS) is 26.0. The van der Waals surface area contributed by atoms with Crippen LogP contribution in [0, 0.1) is 0 Å². The molecular formula is C14H18N2O8. The third-order valence-electron chi connectivity index (χ3n) is 3.10. The Morgan fingerprint density at radius 3 is 2.08 bits per heavy atom. The molecule has 4 unspecified atom stereocenters. The maximum Gasteiger partial charge on any atom is 0.305 e. The van der Waals surface area contributed by atoms with E-state index >= 15 is 0 Å². The molecule has 132 valence electrons. The van der Waals surface area contributed by atoms with Crippen LogP contribution in [0.4, 0.5) is 0 Å². The highest BCUT2D eigenvalue weighted by Crippen LogP contribution is 2.37. The van der Waals surface area contributed by atoms with Gasteiger partial charge in [0.2, 0.25) is 12.4 Å². The summed E-state index contributed by atoms with van der Waals surface area (Å²) in [6, 6.07) is 0. The van der Waals surface area contributed by atoms with Crippen LogP contribution in [0.1, 0.15) is 45.5 Å². The Morgan fingerprint density at radius 1 is 1.00 bits per heavy atom. The van der Waals surface area contributed by atoms with Gasteiger partial charge in [0.25, 0.3) is 5.89 Å². The summed E-state index contributed by atoms with van der Waals surface area (Å²) in [5.74, 6) is -1.48. The van der Waals surface area contributed by atoms with Crippen molar-refractivity contribution in [2.75, 3.05) is 0 Å². The van der Waals surface area contributed by atoms with Gasteiger partial charge in [0.15, 0.2) is 18.0 Å². The molecule has 10 nitrogen and oxygen atoms in total. The van der Waals surface area contributed by atoms with Crippen molar-refractivity contribution < 1.29 is 37.9 Å². The fourth-order valence-electron chi connectivity index (χ4n) is 2.25. The van der Waals surface area contributed by atoms with E-state index in [9.17, 15) is 14.4 Å². The van der Waals surface area contributed by atoms with E-state index in [1.807, 2.05) is 6.92 Å². The van der Waals surface area contributed by atoms with Gasteiger partial charge in [-0.15, -0.1) is 0 Å². The Bertz CT molecular complexity index is 628. The Hall–Kier alpha value is -2.49. The fraction of sp³-hybridized carbons (Fsp3) is 0.643. The van der Waals surface area contributed by atoms with E-state index in [0.717, 1.165) is 0 Å². The minimum Gasteiger partial charge on any atom is -0.455 e. The maximum atomic E-state index is 11.4. The zero-order chi connectivity index (χ0) is 17.9. The molecule has 10 heteroatoms. The van der Waals surface area contributed by atoms with Crippen LogP contribution in [-0.4, -0.2) is 46.5 Å². The van der Waals surface area contributed by atoms with Crippen molar-refractivity contribution in [1.29, 1.82) is 0 Å². The summed E-state index contributed by atoms with van der Waals surface area (Å²) in [6.07, 6.45) is -4.03. The van der Waals surface area contributed by atoms with Crippen molar-refractivity contribution in [3.63, 3.8) is 0 Å². The van der Waals surface area contributed by atoms with E-state index in [2.05, 4.69) is 10.1 Å². The Kier molecular flexibility index (Phi) is 5.50. The summed E-state index contributed by atoms with van der Waals surface area (Å²) in [7, 11) is 0. The quantitative estimate of drug-likeness (QED) is 0.549. The minimum atomic E-state index is -1.27. The average molecular weight is 342 g/mol. The number of nitrogens with zero attached hydrogens (tertiary/aromatic N) is 2. The molecular weight excluding hydrogens is 324 g/mol. The first-order valence-electron chi connectivity index (χ1n) is 7.31. The molecule has 24 heavy (non-hydrogen) atoms. The van der Waals surface area contributed by atoms with Gasteiger partial charge in [0, 0.05) is 27.2 Å². The Labute approximate surface area is 137 Å². The zero-order valence-corrected chi connectivity index (χ0v) is 13.7. The summed E-state index contributed by atoms with van der Waals surface area (Å²) >= 11 is 0. The van der Waals surface area contributed by atoms with Crippen molar-refractivity contribution in [3.05, 3.63) is 11.7 Å². The highest BCUT2D eigenvalue weighted by Gasteiger charge is 2.53. The minimum absolute atomic E-state index is 0.0323. The van der Waals surface area contributed by atoms with Gasteiger partial charge in [-0.05, 0) is 0 Å². The molecule has 1 aliphatic rings. The van der Waals surface area contributed by atoms with Gasteiger partial charge < -0.3 is 23.5 Å². The van der Waals surface area contributed by atoms with Crippen molar-refractivity contribution in [2.24, 2.45) is 0 Å². The molecule has 1 aliphatic heterocycles. The van der Waals surface area contributed by atoms with E-state index in [1.54, 1.807) is 0 Å². The SMILES string of the molecule is CCc1noc(C2OC(OC(C)=O)C(OC(C)=O)C2OC(C)=O)n1. The van der Waals surface area contributed by atoms with Crippen LogP contribution in [0.15, 0.2) is 4.52 Å². The first-order chi connectivity index (χ1) is 11.3. The monoisotopic (exact) mass is 342 g/mol. The summed E-state index contributed by atoms with van der Waals surface area (Å²) < 4.78 is 26.0. The van der Waals surface area contributed by atoms with Crippen molar-refractivity contribution in [1.82, 2.24) is 10.1 Å². The van der Waals surface area contributed by atoms with Gasteiger partial charge in [0.1, 0.15) is 0 Å². The largest absolute Gasteiger partial charge is 0.455 e. The second kappa shape index (κ2) is 7.39. The van der Waals surface area contributed by atoms with Crippen LogP contribution < -0.4 is 0 Å². The summed E-state index contributed by atoms with van der Waals surface area (Å²) in [5, 5.41) is 3.74. The highest BCUT2D eigenvalue weighted by atomic mass is 16.7. The summed E-state index contributed by atoms with van der Waals surface area (Å²) in [5.41, 5.74) is 0. The van der Waals surface area contributed by atoms with Crippen LogP contribution in [0.25, 0.3) is 0 Å². The number of carbonyl (C=O) groups excluding carboxylic acids is 3. The van der Waals surface area contributed by atoms with Gasteiger partial charge in [-0.3, -0.25) is 14.4 Å². The number of esters is 3. The summed E-state index contributed by atoms with van der Waals surface area (Å²) in [6.45, 7) is 5.36. The second-order valence-electron chi connectivity index (χ2n) is 5.08. The fourth-order valence-corrected chi connectivity index (χ4v) is 2.25.